The van der Waals surface area contributed by atoms with Gasteiger partial charge in [-0.3, -0.25) is 0 Å². The van der Waals surface area contributed by atoms with Gasteiger partial charge >= 0.3 is 0 Å². The lowest BCUT2D eigenvalue weighted by Crippen LogP contribution is -2.48. The highest BCUT2D eigenvalue weighted by atomic mass is 16.5. The van der Waals surface area contributed by atoms with Crippen LogP contribution in [0.3, 0.4) is 0 Å². The van der Waals surface area contributed by atoms with Crippen molar-refractivity contribution >= 4 is 0 Å². The van der Waals surface area contributed by atoms with Crippen molar-refractivity contribution in [3.05, 3.63) is 0 Å². The predicted molar refractivity (Wildman–Crippen MR) is 83.9 cm³/mol. The van der Waals surface area contributed by atoms with E-state index in [0.29, 0.717) is 6.10 Å². The summed E-state index contributed by atoms with van der Waals surface area (Å²) in [5.74, 6) is 1.70. The van der Waals surface area contributed by atoms with E-state index < -0.39 is 0 Å². The van der Waals surface area contributed by atoms with Gasteiger partial charge in [0.15, 0.2) is 0 Å². The van der Waals surface area contributed by atoms with Gasteiger partial charge < -0.3 is 10.1 Å². The Morgan fingerprint density at radius 1 is 0.950 bits per heavy atom. The Morgan fingerprint density at radius 2 is 1.60 bits per heavy atom. The van der Waals surface area contributed by atoms with Crippen molar-refractivity contribution in [2.75, 3.05) is 6.54 Å². The summed E-state index contributed by atoms with van der Waals surface area (Å²) < 4.78 is 6.78. The molecule has 3 aliphatic carbocycles. The first-order valence-electron chi connectivity index (χ1n) is 9.06. The van der Waals surface area contributed by atoms with Crippen molar-refractivity contribution in [1.29, 1.82) is 0 Å². The molecular formula is C18H33NO. The molecule has 0 spiro atoms. The van der Waals surface area contributed by atoms with Crippen LogP contribution in [0.2, 0.25) is 0 Å². The first-order valence-corrected chi connectivity index (χ1v) is 9.06. The van der Waals surface area contributed by atoms with Crippen molar-refractivity contribution in [3.8, 4) is 0 Å². The van der Waals surface area contributed by atoms with Gasteiger partial charge in [-0.25, -0.2) is 0 Å². The van der Waals surface area contributed by atoms with Crippen molar-refractivity contribution in [3.63, 3.8) is 0 Å². The van der Waals surface area contributed by atoms with Crippen LogP contribution < -0.4 is 5.32 Å². The number of ether oxygens (including phenoxy) is 1. The molecule has 3 aliphatic rings. The summed E-state index contributed by atoms with van der Waals surface area (Å²) >= 11 is 0. The lowest BCUT2D eigenvalue weighted by molar-refractivity contribution is -0.132. The zero-order chi connectivity index (χ0) is 14.0. The molecule has 0 bridgehead atoms. The third kappa shape index (κ3) is 3.98. The monoisotopic (exact) mass is 279 g/mol. The second-order valence-corrected chi connectivity index (χ2v) is 8.06. The molecule has 0 aromatic heterocycles. The minimum atomic E-state index is 0.169. The fourth-order valence-corrected chi connectivity index (χ4v) is 4.47. The minimum Gasteiger partial charge on any atom is -0.370 e. The van der Waals surface area contributed by atoms with Gasteiger partial charge in [0.25, 0.3) is 0 Å². The lowest BCUT2D eigenvalue weighted by atomic mass is 9.80. The molecule has 2 atom stereocenters. The molecule has 20 heavy (non-hydrogen) atoms. The van der Waals surface area contributed by atoms with Crippen LogP contribution in [0.25, 0.3) is 0 Å². The van der Waals surface area contributed by atoms with Crippen LogP contribution >= 0.6 is 0 Å². The Kier molecular flexibility index (Phi) is 4.72. The van der Waals surface area contributed by atoms with E-state index in [1.54, 1.807) is 0 Å². The van der Waals surface area contributed by atoms with E-state index in [2.05, 4.69) is 19.2 Å². The summed E-state index contributed by atoms with van der Waals surface area (Å²) in [4.78, 5) is 0. The average Bonchev–Trinajstić information content (AvgIpc) is 3.20. The Morgan fingerprint density at radius 3 is 2.20 bits per heavy atom. The van der Waals surface area contributed by atoms with Crippen LogP contribution in [-0.2, 0) is 4.74 Å². The van der Waals surface area contributed by atoms with Gasteiger partial charge in [-0.05, 0) is 56.8 Å². The summed E-state index contributed by atoms with van der Waals surface area (Å²) in [6.07, 6.45) is 14.0. The van der Waals surface area contributed by atoms with Crippen LogP contribution in [0.15, 0.2) is 0 Å². The molecule has 3 fully saturated rings. The summed E-state index contributed by atoms with van der Waals surface area (Å²) in [5.41, 5.74) is 0.169. The minimum absolute atomic E-state index is 0.169. The van der Waals surface area contributed by atoms with Crippen LogP contribution in [0.1, 0.15) is 78.1 Å². The summed E-state index contributed by atoms with van der Waals surface area (Å²) in [7, 11) is 0. The molecule has 3 saturated carbocycles. The third-order valence-corrected chi connectivity index (χ3v) is 5.61. The SMILES string of the molecule is CC1CC(C)CC(OC2(CNC3CC3)CCCCC2)C1. The Labute approximate surface area is 125 Å². The molecule has 2 unspecified atom stereocenters. The van der Waals surface area contributed by atoms with Gasteiger partial charge in [0.1, 0.15) is 0 Å². The van der Waals surface area contributed by atoms with Gasteiger partial charge in [0.05, 0.1) is 11.7 Å². The molecule has 0 aliphatic heterocycles. The lowest BCUT2D eigenvalue weighted by Gasteiger charge is -2.43. The van der Waals surface area contributed by atoms with Crippen molar-refractivity contribution in [2.24, 2.45) is 11.8 Å². The molecule has 2 heteroatoms. The second-order valence-electron chi connectivity index (χ2n) is 8.06. The van der Waals surface area contributed by atoms with E-state index in [-0.39, 0.29) is 5.60 Å². The van der Waals surface area contributed by atoms with Crippen LogP contribution in [0, 0.1) is 11.8 Å². The number of rotatable bonds is 5. The van der Waals surface area contributed by atoms with Crippen molar-refractivity contribution < 1.29 is 4.74 Å². The molecule has 0 aromatic rings. The number of hydrogen-bond donors (Lipinski definition) is 1. The summed E-state index contributed by atoms with van der Waals surface area (Å²) in [5, 5.41) is 3.75. The maximum Gasteiger partial charge on any atom is 0.0810 e. The second kappa shape index (κ2) is 6.36. The largest absolute Gasteiger partial charge is 0.370 e. The normalized spacial score (nSPS) is 37.8. The third-order valence-electron chi connectivity index (χ3n) is 5.61. The fourth-order valence-electron chi connectivity index (χ4n) is 4.47. The van der Waals surface area contributed by atoms with Crippen molar-refractivity contribution in [1.82, 2.24) is 5.32 Å². The molecule has 116 valence electrons. The molecule has 0 heterocycles. The zero-order valence-corrected chi connectivity index (χ0v) is 13.5. The molecule has 0 saturated heterocycles. The quantitative estimate of drug-likeness (QED) is 0.811. The summed E-state index contributed by atoms with van der Waals surface area (Å²) in [6, 6.07) is 0.807. The standard InChI is InChI=1S/C18H33NO/c1-14-10-15(2)12-17(11-14)20-18(8-4-3-5-9-18)13-19-16-6-7-16/h14-17,19H,3-13H2,1-2H3. The Balaban J connectivity index is 1.59. The van der Waals surface area contributed by atoms with Gasteiger partial charge in [0, 0.05) is 12.6 Å². The van der Waals surface area contributed by atoms with Crippen LogP contribution in [-0.4, -0.2) is 24.3 Å². The molecule has 0 radical (unpaired) electrons. The summed E-state index contributed by atoms with van der Waals surface area (Å²) in [6.45, 7) is 5.92. The van der Waals surface area contributed by atoms with E-state index in [4.69, 9.17) is 4.74 Å². The first-order chi connectivity index (χ1) is 9.65. The highest BCUT2D eigenvalue weighted by Crippen LogP contribution is 2.38. The predicted octanol–water partition coefficient (Wildman–Crippen LogP) is 4.28. The molecular weight excluding hydrogens is 246 g/mol. The van der Waals surface area contributed by atoms with Crippen LogP contribution in [0.5, 0.6) is 0 Å². The van der Waals surface area contributed by atoms with E-state index in [1.807, 2.05) is 0 Å². The molecule has 3 rings (SSSR count). The van der Waals surface area contributed by atoms with Gasteiger partial charge in [-0.2, -0.15) is 0 Å². The Hall–Kier alpha value is -0.0800. The average molecular weight is 279 g/mol. The van der Waals surface area contributed by atoms with Gasteiger partial charge in [-0.15, -0.1) is 0 Å². The van der Waals surface area contributed by atoms with Crippen molar-refractivity contribution in [2.45, 2.75) is 95.8 Å². The molecule has 0 aromatic carbocycles. The van der Waals surface area contributed by atoms with Gasteiger partial charge in [-0.1, -0.05) is 33.1 Å². The van der Waals surface area contributed by atoms with E-state index in [0.717, 1.165) is 24.4 Å². The molecule has 2 nitrogen and oxygen atoms in total. The van der Waals surface area contributed by atoms with Gasteiger partial charge in [0.2, 0.25) is 0 Å². The maximum atomic E-state index is 6.78. The highest BCUT2D eigenvalue weighted by molar-refractivity contribution is 4.92. The number of nitrogens with one attached hydrogen (secondary N) is 1. The zero-order valence-electron chi connectivity index (χ0n) is 13.5. The fraction of sp³-hybridized carbons (Fsp3) is 1.00. The first kappa shape index (κ1) is 14.8. The van der Waals surface area contributed by atoms with E-state index in [9.17, 15) is 0 Å². The Bertz CT molecular complexity index is 297. The smallest absolute Gasteiger partial charge is 0.0810 e. The topological polar surface area (TPSA) is 21.3 Å². The maximum absolute atomic E-state index is 6.78. The molecule has 1 N–H and O–H groups in total. The van der Waals surface area contributed by atoms with E-state index in [1.165, 1.54) is 64.2 Å². The van der Waals surface area contributed by atoms with Crippen LogP contribution in [0.4, 0.5) is 0 Å². The highest BCUT2D eigenvalue weighted by Gasteiger charge is 2.38. The molecule has 0 amide bonds. The number of hydrogen-bond acceptors (Lipinski definition) is 2. The van der Waals surface area contributed by atoms with E-state index >= 15 is 0 Å².